The van der Waals surface area contributed by atoms with Gasteiger partial charge >= 0.3 is 18.0 Å². The maximum absolute atomic E-state index is 12.5. The number of carbonyl (C=O) groups excluding carboxylic acids is 1. The van der Waals surface area contributed by atoms with E-state index < -0.39 is 12.1 Å². The fourth-order valence-corrected chi connectivity index (χ4v) is 2.37. The van der Waals surface area contributed by atoms with Gasteiger partial charge in [-0.3, -0.25) is 0 Å². The van der Waals surface area contributed by atoms with Crippen LogP contribution in [-0.2, 0) is 22.3 Å². The highest BCUT2D eigenvalue weighted by Crippen LogP contribution is 2.29. The summed E-state index contributed by atoms with van der Waals surface area (Å²) in [5, 5.41) is 3.35. The molecule has 1 aliphatic heterocycles. The molecule has 3 rings (SSSR count). The van der Waals surface area contributed by atoms with Crippen LogP contribution in [0.15, 0.2) is 52.7 Å². The standard InChI is InChI=1S/C17H14F3N3O3/c1-25-15(24)13-6-8-23(9-7-13)10-11-2-4-12(5-3-11)14-21-16(26-22-14)17(18,19)20/h2-8H,9-10H2,1H3. The Hall–Kier alpha value is -3.10. The molecule has 0 aliphatic carbocycles. The minimum atomic E-state index is -4.66. The Morgan fingerprint density at radius 3 is 2.58 bits per heavy atom. The quantitative estimate of drug-likeness (QED) is 0.775. The molecule has 0 saturated heterocycles. The van der Waals surface area contributed by atoms with E-state index >= 15 is 0 Å². The van der Waals surface area contributed by atoms with Crippen LogP contribution in [0.25, 0.3) is 11.4 Å². The number of nitrogens with zero attached hydrogens (tertiary/aromatic N) is 3. The average Bonchev–Trinajstić information content (AvgIpc) is 3.13. The van der Waals surface area contributed by atoms with Crippen LogP contribution in [0, 0.1) is 0 Å². The van der Waals surface area contributed by atoms with E-state index in [0.717, 1.165) is 5.56 Å². The molecule has 0 radical (unpaired) electrons. The molecule has 26 heavy (non-hydrogen) atoms. The van der Waals surface area contributed by atoms with Gasteiger partial charge in [0.1, 0.15) is 0 Å². The largest absolute Gasteiger partial charge is 0.471 e. The van der Waals surface area contributed by atoms with E-state index in [1.807, 2.05) is 4.90 Å². The first-order chi connectivity index (χ1) is 12.4. The van der Waals surface area contributed by atoms with Crippen LogP contribution in [0.1, 0.15) is 11.5 Å². The van der Waals surface area contributed by atoms with Gasteiger partial charge in [-0.1, -0.05) is 35.5 Å². The molecular weight excluding hydrogens is 351 g/mol. The third-order valence-corrected chi connectivity index (χ3v) is 3.70. The summed E-state index contributed by atoms with van der Waals surface area (Å²) >= 11 is 0. The van der Waals surface area contributed by atoms with Crippen molar-refractivity contribution in [1.29, 1.82) is 0 Å². The second kappa shape index (κ2) is 7.03. The molecular formula is C17H14F3N3O3. The molecule has 2 heterocycles. The van der Waals surface area contributed by atoms with Crippen molar-refractivity contribution in [2.45, 2.75) is 12.7 Å². The lowest BCUT2D eigenvalue weighted by atomic mass is 10.1. The first-order valence-electron chi connectivity index (χ1n) is 7.58. The van der Waals surface area contributed by atoms with Crippen LogP contribution in [0.5, 0.6) is 0 Å². The van der Waals surface area contributed by atoms with Crippen LogP contribution in [0.4, 0.5) is 13.2 Å². The topological polar surface area (TPSA) is 68.5 Å². The summed E-state index contributed by atoms with van der Waals surface area (Å²) < 4.78 is 46.4. The second-order valence-electron chi connectivity index (χ2n) is 5.51. The first-order valence-corrected chi connectivity index (χ1v) is 7.58. The number of rotatable bonds is 4. The Balaban J connectivity index is 1.64. The number of aromatic nitrogens is 2. The number of methoxy groups -OCH3 is 1. The van der Waals surface area contributed by atoms with Gasteiger partial charge in [0.25, 0.3) is 0 Å². The molecule has 0 bridgehead atoms. The molecule has 0 atom stereocenters. The van der Waals surface area contributed by atoms with Gasteiger partial charge < -0.3 is 14.2 Å². The van der Waals surface area contributed by atoms with Gasteiger partial charge in [0, 0.05) is 24.9 Å². The van der Waals surface area contributed by atoms with Crippen LogP contribution < -0.4 is 0 Å². The number of carbonyl (C=O) groups is 1. The molecule has 1 aromatic carbocycles. The highest BCUT2D eigenvalue weighted by Gasteiger charge is 2.38. The van der Waals surface area contributed by atoms with E-state index in [-0.39, 0.29) is 11.8 Å². The molecule has 0 fully saturated rings. The first kappa shape index (κ1) is 17.7. The Labute approximate surface area is 146 Å². The van der Waals surface area contributed by atoms with E-state index in [0.29, 0.717) is 24.2 Å². The Morgan fingerprint density at radius 2 is 2.04 bits per heavy atom. The predicted octanol–water partition coefficient (Wildman–Crippen LogP) is 3.18. The molecule has 1 aromatic heterocycles. The lowest BCUT2D eigenvalue weighted by Gasteiger charge is -2.22. The van der Waals surface area contributed by atoms with Crippen LogP contribution in [0.2, 0.25) is 0 Å². The van der Waals surface area contributed by atoms with E-state index in [1.165, 1.54) is 7.11 Å². The van der Waals surface area contributed by atoms with Crippen molar-refractivity contribution in [2.24, 2.45) is 0 Å². The second-order valence-corrected chi connectivity index (χ2v) is 5.51. The molecule has 6 nitrogen and oxygen atoms in total. The fourth-order valence-electron chi connectivity index (χ4n) is 2.37. The van der Waals surface area contributed by atoms with Gasteiger partial charge in [-0.2, -0.15) is 18.2 Å². The normalized spacial score (nSPS) is 14.3. The molecule has 9 heteroatoms. The zero-order valence-electron chi connectivity index (χ0n) is 13.7. The third kappa shape index (κ3) is 3.93. The van der Waals surface area contributed by atoms with E-state index in [1.54, 1.807) is 42.6 Å². The zero-order valence-corrected chi connectivity index (χ0v) is 13.7. The van der Waals surface area contributed by atoms with Crippen molar-refractivity contribution in [3.63, 3.8) is 0 Å². The predicted molar refractivity (Wildman–Crippen MR) is 84.4 cm³/mol. The number of halogens is 3. The SMILES string of the molecule is COC(=O)C1=CCN(Cc2ccc(-c3noc(C(F)(F)F)n3)cc2)C=C1. The summed E-state index contributed by atoms with van der Waals surface area (Å²) in [6, 6.07) is 6.80. The number of esters is 1. The van der Waals surface area contributed by atoms with Gasteiger partial charge in [-0.15, -0.1) is 0 Å². The molecule has 0 spiro atoms. The summed E-state index contributed by atoms with van der Waals surface area (Å²) in [6.45, 7) is 1.12. The highest BCUT2D eigenvalue weighted by atomic mass is 19.4. The molecule has 0 N–H and O–H groups in total. The number of alkyl halides is 3. The number of hydrogen-bond donors (Lipinski definition) is 0. The van der Waals surface area contributed by atoms with Gasteiger partial charge in [0.2, 0.25) is 5.82 Å². The Bertz CT molecular complexity index is 854. The minimum absolute atomic E-state index is 0.118. The van der Waals surface area contributed by atoms with Crippen LogP contribution in [0.3, 0.4) is 0 Å². The summed E-state index contributed by atoms with van der Waals surface area (Å²) in [5.74, 6) is -1.88. The van der Waals surface area contributed by atoms with Gasteiger partial charge in [0.05, 0.1) is 12.7 Å². The lowest BCUT2D eigenvalue weighted by Crippen LogP contribution is -2.21. The monoisotopic (exact) mass is 365 g/mol. The number of ether oxygens (including phenoxy) is 1. The third-order valence-electron chi connectivity index (χ3n) is 3.70. The average molecular weight is 365 g/mol. The van der Waals surface area contributed by atoms with Gasteiger partial charge in [0.15, 0.2) is 0 Å². The summed E-state index contributed by atoms with van der Waals surface area (Å²) in [6.07, 6.45) is 0.553. The highest BCUT2D eigenvalue weighted by molar-refractivity contribution is 5.91. The molecule has 1 aliphatic rings. The smallest absolute Gasteiger partial charge is 0.465 e. The lowest BCUT2D eigenvalue weighted by molar-refractivity contribution is -0.159. The van der Waals surface area contributed by atoms with Crippen molar-refractivity contribution >= 4 is 5.97 Å². The minimum Gasteiger partial charge on any atom is -0.465 e. The zero-order chi connectivity index (χ0) is 18.7. The van der Waals surface area contributed by atoms with Crippen molar-refractivity contribution < 1.29 is 27.2 Å². The number of benzene rings is 1. The van der Waals surface area contributed by atoms with Crippen molar-refractivity contribution in [3.05, 3.63) is 59.6 Å². The maximum atomic E-state index is 12.5. The Kier molecular flexibility index (Phi) is 4.79. The molecule has 0 saturated carbocycles. The fraction of sp³-hybridized carbons (Fsp3) is 0.235. The number of hydrogen-bond acceptors (Lipinski definition) is 6. The molecule has 0 unspecified atom stereocenters. The summed E-state index contributed by atoms with van der Waals surface area (Å²) in [5.41, 5.74) is 1.86. The molecule has 136 valence electrons. The van der Waals surface area contributed by atoms with Crippen molar-refractivity contribution in [3.8, 4) is 11.4 Å². The summed E-state index contributed by atoms with van der Waals surface area (Å²) in [7, 11) is 1.33. The maximum Gasteiger partial charge on any atom is 0.471 e. The van der Waals surface area contributed by atoms with E-state index in [4.69, 9.17) is 0 Å². The van der Waals surface area contributed by atoms with E-state index in [9.17, 15) is 18.0 Å². The summed E-state index contributed by atoms with van der Waals surface area (Å²) in [4.78, 5) is 16.7. The molecule has 0 amide bonds. The Morgan fingerprint density at radius 1 is 1.31 bits per heavy atom. The van der Waals surface area contributed by atoms with E-state index in [2.05, 4.69) is 19.4 Å². The van der Waals surface area contributed by atoms with Crippen LogP contribution >= 0.6 is 0 Å². The van der Waals surface area contributed by atoms with Crippen LogP contribution in [-0.4, -0.2) is 34.7 Å². The van der Waals surface area contributed by atoms with Gasteiger partial charge in [-0.25, -0.2) is 4.79 Å². The van der Waals surface area contributed by atoms with Crippen molar-refractivity contribution in [2.75, 3.05) is 13.7 Å². The van der Waals surface area contributed by atoms with Crippen molar-refractivity contribution in [1.82, 2.24) is 15.0 Å². The van der Waals surface area contributed by atoms with Gasteiger partial charge in [-0.05, 0) is 11.6 Å². The molecule has 2 aromatic rings.